The van der Waals surface area contributed by atoms with Crippen LogP contribution in [0.4, 0.5) is 14.9 Å². The van der Waals surface area contributed by atoms with E-state index in [4.69, 9.17) is 20.9 Å². The van der Waals surface area contributed by atoms with Crippen LogP contribution >= 0.6 is 11.6 Å². The van der Waals surface area contributed by atoms with Crippen LogP contribution < -0.4 is 10.2 Å². The van der Waals surface area contributed by atoms with Crippen molar-refractivity contribution in [3.05, 3.63) is 63.9 Å². The SMILES string of the molecule is CC(C)(C)OC(=O)N[C@H]1CS(=O)(=O)c2cc(F)c(-c3noc(C[N+](C)(C)[O-])n3)cc2N(Cc2ccc(Cl)cc2)C1=O. The van der Waals surface area contributed by atoms with Gasteiger partial charge in [-0.3, -0.25) is 4.79 Å². The molecule has 0 aliphatic carbocycles. The summed E-state index contributed by atoms with van der Waals surface area (Å²) < 4.78 is 51.9. The maximum absolute atomic E-state index is 15.4. The average Bonchev–Trinajstić information content (AvgIpc) is 3.25. The molecule has 2 heterocycles. The van der Waals surface area contributed by atoms with E-state index in [9.17, 15) is 23.2 Å². The second-order valence-corrected chi connectivity index (χ2v) is 13.5. The largest absolute Gasteiger partial charge is 0.633 e. The van der Waals surface area contributed by atoms with E-state index in [2.05, 4.69) is 15.5 Å². The fourth-order valence-corrected chi connectivity index (χ4v) is 5.85. The number of amides is 2. The normalized spacial score (nSPS) is 17.1. The van der Waals surface area contributed by atoms with Crippen LogP contribution in [0.3, 0.4) is 0 Å². The number of halogens is 2. The Hall–Kier alpha value is -3.59. The number of hydrogen-bond acceptors (Lipinski definition) is 9. The Morgan fingerprint density at radius 3 is 2.54 bits per heavy atom. The predicted octanol–water partition coefficient (Wildman–Crippen LogP) is 3.82. The number of benzene rings is 2. The predicted molar refractivity (Wildman–Crippen MR) is 147 cm³/mol. The van der Waals surface area contributed by atoms with Crippen LogP contribution in [0.25, 0.3) is 11.4 Å². The van der Waals surface area contributed by atoms with Crippen LogP contribution in [-0.4, -0.2) is 66.7 Å². The minimum atomic E-state index is -4.32. The van der Waals surface area contributed by atoms with Crippen molar-refractivity contribution in [3.63, 3.8) is 0 Å². The van der Waals surface area contributed by atoms with Gasteiger partial charge in [0.1, 0.15) is 17.5 Å². The number of nitrogens with zero attached hydrogens (tertiary/aromatic N) is 4. The zero-order chi connectivity index (χ0) is 30.3. The van der Waals surface area contributed by atoms with Crippen LogP contribution in [0.1, 0.15) is 32.2 Å². The first kappa shape index (κ1) is 30.4. The van der Waals surface area contributed by atoms with Crippen LogP contribution in [0, 0.1) is 11.0 Å². The molecule has 1 atom stereocenters. The Kier molecular flexibility index (Phi) is 8.15. The molecule has 220 valence electrons. The van der Waals surface area contributed by atoms with E-state index in [0.717, 1.165) is 17.0 Å². The number of carbonyl (C=O) groups is 2. The van der Waals surface area contributed by atoms with Crippen molar-refractivity contribution in [2.24, 2.45) is 0 Å². The molecule has 3 aromatic rings. The fourth-order valence-electron chi connectivity index (χ4n) is 4.11. The Labute approximate surface area is 241 Å². The van der Waals surface area contributed by atoms with Gasteiger partial charge in [-0.1, -0.05) is 28.9 Å². The summed E-state index contributed by atoms with van der Waals surface area (Å²) in [5.74, 6) is -2.90. The molecular weight excluding hydrogens is 581 g/mol. The Balaban J connectivity index is 1.83. The summed E-state index contributed by atoms with van der Waals surface area (Å²) in [4.78, 5) is 31.1. The number of fused-ring (bicyclic) bond motifs is 1. The van der Waals surface area contributed by atoms with Gasteiger partial charge in [-0.25, -0.2) is 17.6 Å². The molecule has 0 spiro atoms. The van der Waals surface area contributed by atoms with Crippen molar-refractivity contribution in [2.45, 2.75) is 50.4 Å². The summed E-state index contributed by atoms with van der Waals surface area (Å²) in [6.07, 6.45) is -0.991. The Bertz CT molecular complexity index is 1580. The molecule has 1 aliphatic heterocycles. The molecule has 1 aromatic heterocycles. The Morgan fingerprint density at radius 1 is 1.27 bits per heavy atom. The molecular formula is C26H29ClFN5O7S. The van der Waals surface area contributed by atoms with E-state index in [1.54, 1.807) is 45.0 Å². The van der Waals surface area contributed by atoms with Gasteiger partial charge in [0.2, 0.25) is 5.82 Å². The quantitative estimate of drug-likeness (QED) is 0.324. The van der Waals surface area contributed by atoms with Gasteiger partial charge in [-0.2, -0.15) is 4.98 Å². The van der Waals surface area contributed by atoms with Crippen molar-refractivity contribution >= 4 is 39.1 Å². The summed E-state index contributed by atoms with van der Waals surface area (Å²) in [5.41, 5.74) is -0.740. The maximum atomic E-state index is 15.4. The number of hydroxylamine groups is 3. The van der Waals surface area contributed by atoms with Gasteiger partial charge in [0.15, 0.2) is 16.4 Å². The van der Waals surface area contributed by atoms with Crippen LogP contribution in [0.5, 0.6) is 0 Å². The molecule has 0 saturated carbocycles. The average molecular weight is 610 g/mol. The Morgan fingerprint density at radius 2 is 1.93 bits per heavy atom. The van der Waals surface area contributed by atoms with E-state index in [-0.39, 0.29) is 36.1 Å². The first-order valence-corrected chi connectivity index (χ1v) is 14.4. The number of anilines is 1. The lowest BCUT2D eigenvalue weighted by atomic mass is 10.1. The molecule has 1 aliphatic rings. The lowest BCUT2D eigenvalue weighted by molar-refractivity contribution is -0.855. The van der Waals surface area contributed by atoms with Gasteiger partial charge < -0.3 is 29.3 Å². The van der Waals surface area contributed by atoms with E-state index >= 15 is 4.39 Å². The van der Waals surface area contributed by atoms with Crippen molar-refractivity contribution in [1.29, 1.82) is 0 Å². The van der Waals surface area contributed by atoms with Gasteiger partial charge in [-0.15, -0.1) is 0 Å². The third kappa shape index (κ3) is 7.38. The molecule has 0 unspecified atom stereocenters. The molecule has 0 radical (unpaired) electrons. The number of alkyl carbamates (subject to hydrolysis) is 1. The number of ether oxygens (including phenoxy) is 1. The standard InChI is InChI=1S/C26H29ClFN5O7S/c1-26(2,3)39-25(35)29-19-14-41(37,38)21-11-18(28)17(23-30-22(40-31-23)13-33(4,5)36)10-20(21)32(24(19)34)12-15-6-8-16(27)9-7-15/h6-11,19H,12-14H2,1-5H3,(H,29,35)/t19-/m0/s1. The molecule has 0 bridgehead atoms. The van der Waals surface area contributed by atoms with Crippen LogP contribution in [0.15, 0.2) is 45.8 Å². The zero-order valence-electron chi connectivity index (χ0n) is 23.0. The third-order valence-corrected chi connectivity index (χ3v) is 7.82. The number of rotatable bonds is 6. The summed E-state index contributed by atoms with van der Waals surface area (Å²) in [5, 5.41) is 18.6. The van der Waals surface area contributed by atoms with Crippen LogP contribution in [0.2, 0.25) is 5.02 Å². The first-order valence-electron chi connectivity index (χ1n) is 12.4. The van der Waals surface area contributed by atoms with E-state index < -0.39 is 54.6 Å². The molecule has 2 aromatic carbocycles. The van der Waals surface area contributed by atoms with E-state index in [1.165, 1.54) is 14.1 Å². The lowest BCUT2D eigenvalue weighted by Crippen LogP contribution is -2.51. The lowest BCUT2D eigenvalue weighted by Gasteiger charge is -2.31. The van der Waals surface area contributed by atoms with E-state index in [0.29, 0.717) is 10.6 Å². The number of hydrogen-bond donors (Lipinski definition) is 1. The first-order chi connectivity index (χ1) is 18.9. The highest BCUT2D eigenvalue weighted by Crippen LogP contribution is 2.37. The summed E-state index contributed by atoms with van der Waals surface area (Å²) in [6, 6.07) is 6.85. The minimum Gasteiger partial charge on any atom is -0.633 e. The highest BCUT2D eigenvalue weighted by atomic mass is 35.5. The highest BCUT2D eigenvalue weighted by molar-refractivity contribution is 7.91. The second-order valence-electron chi connectivity index (χ2n) is 11.1. The van der Waals surface area contributed by atoms with Crippen molar-refractivity contribution in [1.82, 2.24) is 15.5 Å². The van der Waals surface area contributed by atoms with Crippen molar-refractivity contribution in [2.75, 3.05) is 24.7 Å². The molecule has 0 saturated heterocycles. The molecule has 41 heavy (non-hydrogen) atoms. The second kappa shape index (κ2) is 11.0. The van der Waals surface area contributed by atoms with Gasteiger partial charge >= 0.3 is 6.09 Å². The smallest absolute Gasteiger partial charge is 0.408 e. The molecule has 2 amide bonds. The fraction of sp³-hybridized carbons (Fsp3) is 0.385. The number of nitrogens with one attached hydrogen (secondary N) is 1. The van der Waals surface area contributed by atoms with Crippen LogP contribution in [-0.2, 0) is 32.5 Å². The topological polar surface area (TPSA) is 155 Å². The molecule has 0 fully saturated rings. The molecule has 1 N–H and O–H groups in total. The minimum absolute atomic E-state index is 0.0577. The van der Waals surface area contributed by atoms with Gasteiger partial charge in [0, 0.05) is 5.02 Å². The molecule has 12 nitrogen and oxygen atoms in total. The number of quaternary nitrogens is 1. The monoisotopic (exact) mass is 609 g/mol. The molecule has 4 rings (SSSR count). The van der Waals surface area contributed by atoms with Gasteiger partial charge in [-0.05, 0) is 50.6 Å². The van der Waals surface area contributed by atoms with Crippen molar-refractivity contribution < 1.29 is 36.3 Å². The third-order valence-electron chi connectivity index (χ3n) is 5.79. The zero-order valence-corrected chi connectivity index (χ0v) is 24.5. The van der Waals surface area contributed by atoms with Gasteiger partial charge in [0.25, 0.3) is 11.8 Å². The van der Waals surface area contributed by atoms with Crippen molar-refractivity contribution in [3.8, 4) is 11.4 Å². The summed E-state index contributed by atoms with van der Waals surface area (Å²) in [6.45, 7) is 4.52. The maximum Gasteiger partial charge on any atom is 0.408 e. The molecule has 15 heteroatoms. The summed E-state index contributed by atoms with van der Waals surface area (Å²) >= 11 is 6.00. The number of aromatic nitrogens is 2. The number of carbonyl (C=O) groups excluding carboxylic acids is 2. The highest BCUT2D eigenvalue weighted by Gasteiger charge is 2.40. The summed E-state index contributed by atoms with van der Waals surface area (Å²) in [7, 11) is -1.60. The van der Waals surface area contributed by atoms with E-state index in [1.807, 2.05) is 0 Å². The number of sulfone groups is 1. The van der Waals surface area contributed by atoms with Gasteiger partial charge in [0.05, 0.1) is 42.5 Å².